The Hall–Kier alpha value is -0.661. The van der Waals surface area contributed by atoms with Crippen molar-refractivity contribution < 1.29 is 47.1 Å². The van der Waals surface area contributed by atoms with Crippen LogP contribution < -0.4 is 16.4 Å². The van der Waals surface area contributed by atoms with Crippen molar-refractivity contribution in [3.63, 3.8) is 0 Å². The molecule has 0 aromatic heterocycles. The van der Waals surface area contributed by atoms with Gasteiger partial charge in [-0.25, -0.2) is 0 Å². The van der Waals surface area contributed by atoms with Gasteiger partial charge in [-0.3, -0.25) is 0 Å². The first-order valence-corrected chi connectivity index (χ1v) is 3.06. The fourth-order valence-electron chi connectivity index (χ4n) is 0. The molecule has 0 aliphatic carbocycles. The Kier molecular flexibility index (Phi) is 20.5. The molecular formula is C6H14CuNO6. The number of aliphatic hydroxyl groups is 2. The molecule has 7 nitrogen and oxygen atoms in total. The molecule has 0 fully saturated rings. The van der Waals surface area contributed by atoms with Gasteiger partial charge in [-0.15, -0.1) is 0 Å². The number of aliphatic carboxylic acids is 2. The van der Waals surface area contributed by atoms with Crippen LogP contribution in [0.5, 0.6) is 0 Å². The second kappa shape index (κ2) is 12.3. The topological polar surface area (TPSA) is 157 Å². The minimum Gasteiger partial charge on any atom is -0.547 e. The Labute approximate surface area is 91.8 Å². The molecule has 0 aromatic rings. The monoisotopic (exact) mass is 259 g/mol. The second-order valence-electron chi connectivity index (χ2n) is 1.99. The van der Waals surface area contributed by atoms with Gasteiger partial charge in [0.05, 0.1) is 24.1 Å². The van der Waals surface area contributed by atoms with Crippen LogP contribution in [0.3, 0.4) is 0 Å². The molecule has 2 unspecified atom stereocenters. The van der Waals surface area contributed by atoms with Crippen LogP contribution in [0.25, 0.3) is 0 Å². The SMILES string of the molecule is CC(O)C(=O)[O-].CC(O)C(=O)[O-].[Cu+].[NH4+]. The van der Waals surface area contributed by atoms with Crippen molar-refractivity contribution in [1.29, 1.82) is 0 Å². The quantitative estimate of drug-likeness (QED) is 0.439. The van der Waals surface area contributed by atoms with Crippen LogP contribution in [-0.2, 0) is 26.7 Å². The van der Waals surface area contributed by atoms with Gasteiger partial charge in [0.15, 0.2) is 0 Å². The van der Waals surface area contributed by atoms with Gasteiger partial charge >= 0.3 is 17.1 Å². The fourth-order valence-corrected chi connectivity index (χ4v) is 0. The number of carbonyl (C=O) groups excluding carboxylic acids is 2. The third-order valence-electron chi connectivity index (χ3n) is 0.682. The number of rotatable bonds is 2. The molecule has 6 N–H and O–H groups in total. The average Bonchev–Trinajstić information content (AvgIpc) is 1.88. The van der Waals surface area contributed by atoms with Gasteiger partial charge in [0.25, 0.3) is 0 Å². The number of carbonyl (C=O) groups is 2. The second-order valence-corrected chi connectivity index (χ2v) is 1.99. The number of hydrogen-bond acceptors (Lipinski definition) is 6. The standard InChI is InChI=1S/2C3H6O3.Cu.H3N/c2*1-2(4)3(5)6;;/h2*2,4H,1H3,(H,5,6);;1H3/q;;+1;/p-1. The van der Waals surface area contributed by atoms with Crippen LogP contribution in [0.4, 0.5) is 0 Å². The summed E-state index contributed by atoms with van der Waals surface area (Å²) >= 11 is 0. The van der Waals surface area contributed by atoms with Crippen molar-refractivity contribution in [2.24, 2.45) is 0 Å². The molecule has 90 valence electrons. The molecule has 14 heavy (non-hydrogen) atoms. The van der Waals surface area contributed by atoms with Crippen molar-refractivity contribution >= 4 is 11.9 Å². The van der Waals surface area contributed by atoms with Crippen LogP contribution >= 0.6 is 0 Å². The Morgan fingerprint density at radius 2 is 1.07 bits per heavy atom. The smallest absolute Gasteiger partial charge is 0.547 e. The van der Waals surface area contributed by atoms with E-state index in [2.05, 4.69) is 0 Å². The Morgan fingerprint density at radius 3 is 1.07 bits per heavy atom. The summed E-state index contributed by atoms with van der Waals surface area (Å²) in [5, 5.41) is 34.6. The number of aliphatic hydroxyl groups excluding tert-OH is 2. The Morgan fingerprint density at radius 1 is 1.00 bits per heavy atom. The summed E-state index contributed by atoms with van der Waals surface area (Å²) in [6.45, 7) is 2.27. The number of hydrogen-bond donors (Lipinski definition) is 3. The van der Waals surface area contributed by atoms with E-state index in [1.807, 2.05) is 0 Å². The predicted octanol–water partition coefficient (Wildman–Crippen LogP) is -3.39. The summed E-state index contributed by atoms with van der Waals surface area (Å²) < 4.78 is 0. The zero-order chi connectivity index (χ0) is 10.3. The van der Waals surface area contributed by atoms with E-state index in [-0.39, 0.29) is 23.2 Å². The van der Waals surface area contributed by atoms with Crippen LogP contribution in [0.15, 0.2) is 0 Å². The maximum Gasteiger partial charge on any atom is 1.00 e. The van der Waals surface area contributed by atoms with E-state index < -0.39 is 24.1 Å². The molecule has 0 aliphatic rings. The van der Waals surface area contributed by atoms with Crippen molar-refractivity contribution in [2.45, 2.75) is 26.1 Å². The molecule has 0 aliphatic heterocycles. The summed E-state index contributed by atoms with van der Waals surface area (Å²) in [6, 6.07) is 0. The van der Waals surface area contributed by atoms with E-state index in [9.17, 15) is 19.8 Å². The van der Waals surface area contributed by atoms with E-state index in [1.54, 1.807) is 0 Å². The Balaban J connectivity index is -0.0000000625. The summed E-state index contributed by atoms with van der Waals surface area (Å²) in [5.74, 6) is -2.87. The minimum absolute atomic E-state index is 0. The largest absolute Gasteiger partial charge is 1.00 e. The summed E-state index contributed by atoms with van der Waals surface area (Å²) in [5.41, 5.74) is 0. The van der Waals surface area contributed by atoms with E-state index >= 15 is 0 Å². The molecule has 0 spiro atoms. The zero-order valence-electron chi connectivity index (χ0n) is 7.98. The Bertz CT molecular complexity index is 142. The van der Waals surface area contributed by atoms with Gasteiger partial charge in [-0.1, -0.05) is 0 Å². The van der Waals surface area contributed by atoms with Gasteiger partial charge in [0.2, 0.25) is 0 Å². The van der Waals surface area contributed by atoms with Crippen molar-refractivity contribution in [3.05, 3.63) is 0 Å². The van der Waals surface area contributed by atoms with Crippen molar-refractivity contribution in [3.8, 4) is 0 Å². The van der Waals surface area contributed by atoms with Gasteiger partial charge in [-0.05, 0) is 13.8 Å². The molecule has 0 saturated heterocycles. The first kappa shape index (κ1) is 23.3. The van der Waals surface area contributed by atoms with Crippen LogP contribution in [0.2, 0.25) is 0 Å². The molecule has 0 bridgehead atoms. The van der Waals surface area contributed by atoms with Crippen molar-refractivity contribution in [1.82, 2.24) is 6.15 Å². The predicted molar refractivity (Wildman–Crippen MR) is 39.4 cm³/mol. The molecule has 0 amide bonds. The minimum atomic E-state index is -1.44. The van der Waals surface area contributed by atoms with Crippen LogP contribution in [0, 0.1) is 0 Å². The van der Waals surface area contributed by atoms with Gasteiger partial charge in [0.1, 0.15) is 0 Å². The molecule has 0 rings (SSSR count). The molecule has 0 heterocycles. The normalized spacial score (nSPS) is 11.7. The zero-order valence-corrected chi connectivity index (χ0v) is 8.93. The number of carboxylic acids is 2. The third kappa shape index (κ3) is 22.5. The summed E-state index contributed by atoms with van der Waals surface area (Å²) in [4.78, 5) is 18.7. The van der Waals surface area contributed by atoms with E-state index in [0.717, 1.165) is 13.8 Å². The number of carboxylic acid groups (broad SMARTS) is 2. The molecule has 0 saturated carbocycles. The van der Waals surface area contributed by atoms with E-state index in [1.165, 1.54) is 0 Å². The molecule has 0 radical (unpaired) electrons. The molecule has 0 aromatic carbocycles. The first-order valence-electron chi connectivity index (χ1n) is 3.06. The van der Waals surface area contributed by atoms with Gasteiger partial charge in [-0.2, -0.15) is 0 Å². The van der Waals surface area contributed by atoms with E-state index in [4.69, 9.17) is 10.2 Å². The van der Waals surface area contributed by atoms with Crippen LogP contribution in [0.1, 0.15) is 13.8 Å². The summed E-state index contributed by atoms with van der Waals surface area (Å²) in [7, 11) is 0. The fraction of sp³-hybridized carbons (Fsp3) is 0.667. The maximum atomic E-state index is 9.34. The molecule has 8 heteroatoms. The summed E-state index contributed by atoms with van der Waals surface area (Å²) in [6.07, 6.45) is -2.69. The number of quaternary nitrogens is 1. The van der Waals surface area contributed by atoms with Crippen molar-refractivity contribution in [2.75, 3.05) is 0 Å². The van der Waals surface area contributed by atoms with Gasteiger partial charge in [0, 0.05) is 0 Å². The van der Waals surface area contributed by atoms with Crippen LogP contribution in [-0.4, -0.2) is 34.4 Å². The third-order valence-corrected chi connectivity index (χ3v) is 0.682. The first-order chi connectivity index (χ1) is 5.29. The maximum absolute atomic E-state index is 9.34. The van der Waals surface area contributed by atoms with Gasteiger partial charge < -0.3 is 36.2 Å². The van der Waals surface area contributed by atoms with E-state index in [0.29, 0.717) is 0 Å². The average molecular weight is 260 g/mol. The molecular weight excluding hydrogens is 246 g/mol. The molecule has 2 atom stereocenters.